The van der Waals surface area contributed by atoms with Gasteiger partial charge in [0.1, 0.15) is 0 Å². The minimum Gasteiger partial charge on any atom is -0.394 e. The average molecular weight is 322 g/mol. The van der Waals surface area contributed by atoms with Crippen molar-refractivity contribution in [3.63, 3.8) is 0 Å². The molecule has 4 heteroatoms. The number of nitrogens with zero attached hydrogens (tertiary/aromatic N) is 2. The van der Waals surface area contributed by atoms with Gasteiger partial charge in [-0.15, -0.1) is 0 Å². The molecular weight excluding hydrogens is 296 g/mol. The first-order valence-electron chi connectivity index (χ1n) is 8.29. The number of benzene rings is 1. The number of aromatic nitrogens is 2. The molecule has 0 unspecified atom stereocenters. The molecule has 24 heavy (non-hydrogen) atoms. The number of hydrogen-bond donors (Lipinski definition) is 2. The quantitative estimate of drug-likeness (QED) is 0.540. The largest absolute Gasteiger partial charge is 0.394 e. The Hall–Kier alpha value is -2.75. The van der Waals surface area contributed by atoms with Crippen LogP contribution in [0.25, 0.3) is 6.08 Å². The van der Waals surface area contributed by atoms with Crippen LogP contribution in [0.4, 0.5) is 5.69 Å². The van der Waals surface area contributed by atoms with Crippen molar-refractivity contribution in [3.05, 3.63) is 78.6 Å². The Balaban J connectivity index is 1.78. The van der Waals surface area contributed by atoms with Crippen LogP contribution in [0.2, 0.25) is 0 Å². The second-order valence-electron chi connectivity index (χ2n) is 5.45. The van der Waals surface area contributed by atoms with Gasteiger partial charge < -0.3 is 15.2 Å². The van der Waals surface area contributed by atoms with E-state index in [1.807, 2.05) is 45.0 Å². The second kappa shape index (κ2) is 10.1. The Labute approximate surface area is 144 Å². The molecule has 2 aromatic rings. The molecule has 2 N–H and O–H groups in total. The standard InChI is InChI=1S/C20H26N4/c1-3-18(11-13-21-2)5-6-19-7-9-20(10-8-19)23-12-4-15-24-16-14-22-17-24/h3,5-11,13-14,16-17,21,23H,4,12,15H2,1-2H3/b6-5+,13-11-,18-3-. The van der Waals surface area contributed by atoms with Crippen molar-refractivity contribution in [2.24, 2.45) is 0 Å². The molecule has 0 saturated heterocycles. The molecule has 0 amide bonds. The monoisotopic (exact) mass is 322 g/mol. The minimum absolute atomic E-state index is 0.949. The van der Waals surface area contributed by atoms with Crippen LogP contribution in [0.5, 0.6) is 0 Å². The van der Waals surface area contributed by atoms with Crippen molar-refractivity contribution in [3.8, 4) is 0 Å². The van der Waals surface area contributed by atoms with Gasteiger partial charge in [-0.1, -0.05) is 30.4 Å². The number of imidazole rings is 1. The van der Waals surface area contributed by atoms with Crippen LogP contribution in [0.3, 0.4) is 0 Å². The zero-order valence-electron chi connectivity index (χ0n) is 14.4. The van der Waals surface area contributed by atoms with Crippen molar-refractivity contribution >= 4 is 11.8 Å². The first kappa shape index (κ1) is 17.6. The molecule has 0 bridgehead atoms. The fourth-order valence-electron chi connectivity index (χ4n) is 2.25. The fourth-order valence-corrected chi connectivity index (χ4v) is 2.25. The Morgan fingerprint density at radius 3 is 2.71 bits per heavy atom. The van der Waals surface area contributed by atoms with E-state index in [-0.39, 0.29) is 0 Å². The summed E-state index contributed by atoms with van der Waals surface area (Å²) in [5, 5.41) is 6.45. The normalized spacial score (nSPS) is 12.2. The Bertz CT molecular complexity index is 664. The molecule has 126 valence electrons. The lowest BCUT2D eigenvalue weighted by molar-refractivity contribution is 0.661. The number of hydrogen-bond acceptors (Lipinski definition) is 3. The molecule has 1 aromatic carbocycles. The summed E-state index contributed by atoms with van der Waals surface area (Å²) in [4.78, 5) is 4.05. The molecule has 0 saturated carbocycles. The number of anilines is 1. The summed E-state index contributed by atoms with van der Waals surface area (Å²) >= 11 is 0. The van der Waals surface area contributed by atoms with E-state index in [0.717, 1.165) is 25.2 Å². The van der Waals surface area contributed by atoms with Gasteiger partial charge in [-0.3, -0.25) is 0 Å². The van der Waals surface area contributed by atoms with Crippen molar-refractivity contribution in [1.82, 2.24) is 14.9 Å². The lowest BCUT2D eigenvalue weighted by Gasteiger charge is -2.07. The van der Waals surface area contributed by atoms with E-state index < -0.39 is 0 Å². The zero-order valence-corrected chi connectivity index (χ0v) is 14.4. The number of aryl methyl sites for hydroxylation is 1. The van der Waals surface area contributed by atoms with E-state index in [0.29, 0.717) is 0 Å². The minimum atomic E-state index is 0.949. The zero-order chi connectivity index (χ0) is 17.0. The van der Waals surface area contributed by atoms with Crippen molar-refractivity contribution in [1.29, 1.82) is 0 Å². The molecule has 1 heterocycles. The van der Waals surface area contributed by atoms with Gasteiger partial charge in [-0.05, 0) is 48.9 Å². The van der Waals surface area contributed by atoms with Gasteiger partial charge in [-0.2, -0.15) is 0 Å². The van der Waals surface area contributed by atoms with Crippen molar-refractivity contribution in [2.45, 2.75) is 19.9 Å². The molecule has 0 atom stereocenters. The van der Waals surface area contributed by atoms with Crippen LogP contribution in [-0.2, 0) is 6.54 Å². The van der Waals surface area contributed by atoms with Gasteiger partial charge in [0, 0.05) is 38.2 Å². The number of nitrogens with one attached hydrogen (secondary N) is 2. The molecule has 0 spiro atoms. The molecule has 0 fully saturated rings. The maximum Gasteiger partial charge on any atom is 0.0945 e. The Kier molecular flexibility index (Phi) is 7.41. The lowest BCUT2D eigenvalue weighted by Crippen LogP contribution is -2.05. The van der Waals surface area contributed by atoms with E-state index >= 15 is 0 Å². The summed E-state index contributed by atoms with van der Waals surface area (Å²) in [5.41, 5.74) is 3.52. The third kappa shape index (κ3) is 6.16. The van der Waals surface area contributed by atoms with Crippen LogP contribution in [0.1, 0.15) is 18.9 Å². The highest BCUT2D eigenvalue weighted by Crippen LogP contribution is 2.12. The maximum atomic E-state index is 4.05. The molecule has 0 radical (unpaired) electrons. The molecule has 4 nitrogen and oxygen atoms in total. The summed E-state index contributed by atoms with van der Waals surface area (Å²) < 4.78 is 2.09. The van der Waals surface area contributed by atoms with Crippen molar-refractivity contribution < 1.29 is 0 Å². The van der Waals surface area contributed by atoms with Gasteiger partial charge in [0.2, 0.25) is 0 Å². The fraction of sp³-hybridized carbons (Fsp3) is 0.250. The van der Waals surface area contributed by atoms with E-state index in [1.54, 1.807) is 0 Å². The second-order valence-corrected chi connectivity index (χ2v) is 5.45. The van der Waals surface area contributed by atoms with Crippen LogP contribution < -0.4 is 10.6 Å². The third-order valence-electron chi connectivity index (χ3n) is 3.64. The smallest absolute Gasteiger partial charge is 0.0945 e. The number of rotatable bonds is 9. The van der Waals surface area contributed by atoms with Crippen LogP contribution in [-0.4, -0.2) is 23.1 Å². The highest BCUT2D eigenvalue weighted by atomic mass is 15.0. The highest BCUT2D eigenvalue weighted by Gasteiger charge is 1.94. The number of allylic oxidation sites excluding steroid dienone is 4. The molecule has 1 aromatic heterocycles. The van der Waals surface area contributed by atoms with Gasteiger partial charge in [0.05, 0.1) is 6.33 Å². The summed E-state index contributed by atoms with van der Waals surface area (Å²) in [5.74, 6) is 0. The third-order valence-corrected chi connectivity index (χ3v) is 3.64. The summed E-state index contributed by atoms with van der Waals surface area (Å²) in [6.45, 7) is 3.97. The summed E-state index contributed by atoms with van der Waals surface area (Å²) in [6, 6.07) is 8.50. The predicted octanol–water partition coefficient (Wildman–Crippen LogP) is 4.08. The highest BCUT2D eigenvalue weighted by molar-refractivity contribution is 5.58. The first-order valence-corrected chi connectivity index (χ1v) is 8.29. The van der Waals surface area contributed by atoms with E-state index in [4.69, 9.17) is 0 Å². The van der Waals surface area contributed by atoms with Crippen molar-refractivity contribution in [2.75, 3.05) is 18.9 Å². The van der Waals surface area contributed by atoms with Gasteiger partial charge in [0.15, 0.2) is 0 Å². The Morgan fingerprint density at radius 1 is 1.21 bits per heavy atom. The topological polar surface area (TPSA) is 41.9 Å². The average Bonchev–Trinajstić information content (AvgIpc) is 3.13. The van der Waals surface area contributed by atoms with E-state index in [1.165, 1.54) is 11.1 Å². The molecule has 0 aliphatic heterocycles. The summed E-state index contributed by atoms with van der Waals surface area (Å²) in [7, 11) is 1.90. The molecule has 0 aliphatic carbocycles. The van der Waals surface area contributed by atoms with Gasteiger partial charge >= 0.3 is 0 Å². The molecule has 0 aliphatic rings. The molecule has 2 rings (SSSR count). The first-order chi connectivity index (χ1) is 11.8. The van der Waals surface area contributed by atoms with Crippen LogP contribution >= 0.6 is 0 Å². The van der Waals surface area contributed by atoms with E-state index in [9.17, 15) is 0 Å². The van der Waals surface area contributed by atoms with Gasteiger partial charge in [0.25, 0.3) is 0 Å². The Morgan fingerprint density at radius 2 is 2.04 bits per heavy atom. The predicted molar refractivity (Wildman–Crippen MR) is 103 cm³/mol. The summed E-state index contributed by atoms with van der Waals surface area (Å²) in [6.07, 6.45) is 17.0. The SMILES string of the molecule is C/C=C(\C=C/NC)/C=C/c1ccc(NCCCn2ccnc2)cc1. The van der Waals surface area contributed by atoms with Crippen LogP contribution in [0.15, 0.2) is 73.0 Å². The van der Waals surface area contributed by atoms with Crippen LogP contribution in [0, 0.1) is 0 Å². The van der Waals surface area contributed by atoms with E-state index in [2.05, 4.69) is 62.7 Å². The maximum absolute atomic E-state index is 4.05. The van der Waals surface area contributed by atoms with Gasteiger partial charge in [-0.25, -0.2) is 4.98 Å². The molecular formula is C20H26N4. The lowest BCUT2D eigenvalue weighted by atomic mass is 10.1.